The van der Waals surface area contributed by atoms with Crippen molar-refractivity contribution in [2.24, 2.45) is 0 Å². The Kier molecular flexibility index (Phi) is 8.56. The molecule has 38 heavy (non-hydrogen) atoms. The number of nitro groups is 1. The zero-order chi connectivity index (χ0) is 27.1. The van der Waals surface area contributed by atoms with Gasteiger partial charge in [-0.25, -0.2) is 4.79 Å². The molecular weight excluding hydrogens is 494 g/mol. The Morgan fingerprint density at radius 3 is 2.63 bits per heavy atom. The molecule has 2 aliphatic heterocycles. The summed E-state index contributed by atoms with van der Waals surface area (Å²) in [6.07, 6.45) is 3.40. The molecule has 2 fully saturated rings. The fraction of sp³-hybridized carbons (Fsp3) is 0.520. The minimum Gasteiger partial charge on any atom is -0.450 e. The highest BCUT2D eigenvalue weighted by Gasteiger charge is 2.42. The molecule has 2 saturated heterocycles. The van der Waals surface area contributed by atoms with Gasteiger partial charge >= 0.3 is 6.09 Å². The molecule has 1 aromatic carbocycles. The van der Waals surface area contributed by atoms with Gasteiger partial charge in [-0.3, -0.25) is 24.4 Å². The molecule has 2 aromatic rings. The number of hydrogen-bond acceptors (Lipinski definition) is 8. The maximum atomic E-state index is 13.4. The highest BCUT2D eigenvalue weighted by Crippen LogP contribution is 2.23. The molecule has 1 aromatic heterocycles. The monoisotopic (exact) mass is 527 g/mol. The summed E-state index contributed by atoms with van der Waals surface area (Å²) in [5, 5.41) is 24.7. The molecule has 0 bridgehead atoms. The number of piperidine rings is 2. The van der Waals surface area contributed by atoms with Gasteiger partial charge in [-0.15, -0.1) is 0 Å². The van der Waals surface area contributed by atoms with Crippen molar-refractivity contribution >= 4 is 23.6 Å². The number of nitrogens with zero attached hydrogens (tertiary/aromatic N) is 4. The van der Waals surface area contributed by atoms with E-state index < -0.39 is 10.5 Å². The van der Waals surface area contributed by atoms with Gasteiger partial charge in [0.25, 0.3) is 5.69 Å². The number of ether oxygens (including phenoxy) is 1. The predicted molar refractivity (Wildman–Crippen MR) is 137 cm³/mol. The van der Waals surface area contributed by atoms with Crippen LogP contribution in [0.5, 0.6) is 0 Å². The molecule has 4 rings (SSSR count). The van der Waals surface area contributed by atoms with E-state index in [1.54, 1.807) is 36.2 Å². The first-order chi connectivity index (χ1) is 18.3. The second kappa shape index (κ2) is 12.0. The number of hydrogen-bond donors (Lipinski definition) is 3. The Morgan fingerprint density at radius 2 is 1.95 bits per heavy atom. The molecule has 204 valence electrons. The Balaban J connectivity index is 1.37. The van der Waals surface area contributed by atoms with E-state index in [2.05, 4.69) is 21.0 Å². The normalized spacial score (nSPS) is 17.4. The van der Waals surface area contributed by atoms with Crippen LogP contribution in [-0.2, 0) is 20.9 Å². The molecule has 0 atom stereocenters. The quantitative estimate of drug-likeness (QED) is 0.343. The summed E-state index contributed by atoms with van der Waals surface area (Å²) in [6.45, 7) is 4.16. The van der Waals surface area contributed by atoms with Crippen molar-refractivity contribution in [3.8, 4) is 11.3 Å². The zero-order valence-electron chi connectivity index (χ0n) is 21.4. The van der Waals surface area contributed by atoms with E-state index >= 15 is 0 Å². The Bertz CT molecular complexity index is 1170. The van der Waals surface area contributed by atoms with Crippen LogP contribution in [0.1, 0.15) is 32.6 Å². The lowest BCUT2D eigenvalue weighted by atomic mass is 9.86. The second-order valence-corrected chi connectivity index (χ2v) is 9.52. The molecule has 0 spiro atoms. The lowest BCUT2D eigenvalue weighted by Gasteiger charge is -2.39. The van der Waals surface area contributed by atoms with Gasteiger partial charge in [0, 0.05) is 43.0 Å². The first kappa shape index (κ1) is 27.0. The van der Waals surface area contributed by atoms with E-state index in [0.29, 0.717) is 69.7 Å². The molecule has 13 heteroatoms. The number of non-ortho nitro benzene ring substituents is 1. The number of likely N-dealkylation sites (tertiary alicyclic amines) is 1. The molecule has 3 amide bonds. The van der Waals surface area contributed by atoms with Gasteiger partial charge in [0.05, 0.1) is 17.2 Å². The summed E-state index contributed by atoms with van der Waals surface area (Å²) in [7, 11) is 0. The highest BCUT2D eigenvalue weighted by molar-refractivity contribution is 5.91. The Hall–Kier alpha value is -4.00. The zero-order valence-corrected chi connectivity index (χ0v) is 21.4. The van der Waals surface area contributed by atoms with E-state index in [1.807, 2.05) is 0 Å². The van der Waals surface area contributed by atoms with Crippen molar-refractivity contribution in [1.29, 1.82) is 0 Å². The maximum absolute atomic E-state index is 13.4. The Morgan fingerprint density at radius 1 is 1.21 bits per heavy atom. The maximum Gasteiger partial charge on any atom is 0.409 e. The van der Waals surface area contributed by atoms with Crippen LogP contribution in [0.15, 0.2) is 36.5 Å². The van der Waals surface area contributed by atoms with Crippen LogP contribution >= 0.6 is 0 Å². The van der Waals surface area contributed by atoms with Crippen molar-refractivity contribution < 1.29 is 24.0 Å². The number of nitrogens with one attached hydrogen (secondary N) is 3. The number of nitro benzene ring substituents is 1. The fourth-order valence-corrected chi connectivity index (χ4v) is 4.84. The molecular formula is C25H33N7O6. The molecule has 3 N–H and O–H groups in total. The van der Waals surface area contributed by atoms with E-state index in [4.69, 9.17) is 4.74 Å². The van der Waals surface area contributed by atoms with Gasteiger partial charge in [-0.1, -0.05) is 12.1 Å². The number of aromatic nitrogens is 2. The van der Waals surface area contributed by atoms with Crippen molar-refractivity contribution in [2.45, 2.75) is 50.7 Å². The molecule has 0 saturated carbocycles. The minimum absolute atomic E-state index is 0.0415. The summed E-state index contributed by atoms with van der Waals surface area (Å²) >= 11 is 0. The molecule has 2 aliphatic rings. The highest BCUT2D eigenvalue weighted by atomic mass is 16.6. The number of benzene rings is 1. The summed E-state index contributed by atoms with van der Waals surface area (Å²) in [4.78, 5) is 50.7. The van der Waals surface area contributed by atoms with E-state index in [0.717, 1.165) is 0 Å². The standard InChI is InChI=1S/C25H33N7O6/c1-2-38-24(35)30-13-6-19(7-14-30)27-23(34)25(9-11-26-12-10-25)28-22(33)17-31-15-8-21(29-31)18-4-3-5-20(16-18)32(36)37/h3-5,8,15-16,19,26H,2,6-7,9-14,17H2,1H3,(H,27,34)(H,28,33). The lowest BCUT2D eigenvalue weighted by molar-refractivity contribution is -0.384. The van der Waals surface area contributed by atoms with Gasteiger partial charge in [0.2, 0.25) is 11.8 Å². The van der Waals surface area contributed by atoms with E-state index in [9.17, 15) is 24.5 Å². The predicted octanol–water partition coefficient (Wildman–Crippen LogP) is 1.43. The van der Waals surface area contributed by atoms with Gasteiger partial charge < -0.3 is 25.6 Å². The minimum atomic E-state index is -1.05. The third-order valence-corrected chi connectivity index (χ3v) is 6.93. The number of carbonyl (C=O) groups excluding carboxylic acids is 3. The van der Waals surface area contributed by atoms with E-state index in [1.165, 1.54) is 16.8 Å². The summed E-state index contributed by atoms with van der Waals surface area (Å²) in [5.74, 6) is -0.576. The summed E-state index contributed by atoms with van der Waals surface area (Å²) in [6, 6.07) is 7.71. The van der Waals surface area contributed by atoms with Crippen molar-refractivity contribution in [3.63, 3.8) is 0 Å². The van der Waals surface area contributed by atoms with Gasteiger partial charge in [-0.05, 0) is 51.8 Å². The van der Waals surface area contributed by atoms with Crippen LogP contribution in [0, 0.1) is 10.1 Å². The Labute approximate surface area is 220 Å². The van der Waals surface area contributed by atoms with Crippen LogP contribution in [0.2, 0.25) is 0 Å². The average Bonchev–Trinajstić information content (AvgIpc) is 3.38. The van der Waals surface area contributed by atoms with Gasteiger partial charge in [0.1, 0.15) is 12.1 Å². The topological polar surface area (TPSA) is 161 Å². The van der Waals surface area contributed by atoms with Crippen molar-refractivity contribution in [3.05, 3.63) is 46.6 Å². The molecule has 0 radical (unpaired) electrons. The third-order valence-electron chi connectivity index (χ3n) is 6.93. The smallest absolute Gasteiger partial charge is 0.409 e. The van der Waals surface area contributed by atoms with Crippen molar-refractivity contribution in [2.75, 3.05) is 32.8 Å². The number of amides is 3. The van der Waals surface area contributed by atoms with Crippen molar-refractivity contribution in [1.82, 2.24) is 30.6 Å². The van der Waals surface area contributed by atoms with Crippen LogP contribution < -0.4 is 16.0 Å². The molecule has 0 unspecified atom stereocenters. The van der Waals surface area contributed by atoms with Crippen LogP contribution in [0.25, 0.3) is 11.3 Å². The van der Waals surface area contributed by atoms with Crippen LogP contribution in [0.3, 0.4) is 0 Å². The average molecular weight is 528 g/mol. The molecule has 13 nitrogen and oxygen atoms in total. The molecule has 0 aliphatic carbocycles. The largest absolute Gasteiger partial charge is 0.450 e. The SMILES string of the molecule is CCOC(=O)N1CCC(NC(=O)C2(NC(=O)Cn3ccc(-c4cccc([N+](=O)[O-])c4)n3)CCNCC2)CC1. The van der Waals surface area contributed by atoms with Gasteiger partial charge in [0.15, 0.2) is 0 Å². The van der Waals surface area contributed by atoms with Gasteiger partial charge in [-0.2, -0.15) is 5.10 Å². The summed E-state index contributed by atoms with van der Waals surface area (Å²) < 4.78 is 6.50. The second-order valence-electron chi connectivity index (χ2n) is 9.52. The number of rotatable bonds is 8. The lowest BCUT2D eigenvalue weighted by Crippen LogP contribution is -2.64. The third kappa shape index (κ3) is 6.46. The molecule has 3 heterocycles. The first-order valence-electron chi connectivity index (χ1n) is 12.8. The first-order valence-corrected chi connectivity index (χ1v) is 12.8. The van der Waals surface area contributed by atoms with Crippen LogP contribution in [0.4, 0.5) is 10.5 Å². The summed E-state index contributed by atoms with van der Waals surface area (Å²) in [5.41, 5.74) is -0.0110. The van der Waals surface area contributed by atoms with E-state index in [-0.39, 0.29) is 36.2 Å². The van der Waals surface area contributed by atoms with Crippen LogP contribution in [-0.4, -0.2) is 81.9 Å². The number of carbonyl (C=O) groups is 3. The fourth-order valence-electron chi connectivity index (χ4n) is 4.84.